The Hall–Kier alpha value is -1.62. The van der Waals surface area contributed by atoms with E-state index in [1.807, 2.05) is 0 Å². The average molecular weight is 252 g/mol. The molecule has 1 saturated carbocycles. The van der Waals surface area contributed by atoms with Crippen molar-refractivity contribution < 1.29 is 13.9 Å². The van der Waals surface area contributed by atoms with Crippen molar-refractivity contribution in [2.45, 2.75) is 25.3 Å². The van der Waals surface area contributed by atoms with Gasteiger partial charge in [0.05, 0.1) is 12.6 Å². The number of halogens is 1. The number of hydrogen-bond acceptors (Lipinski definition) is 3. The van der Waals surface area contributed by atoms with E-state index in [9.17, 15) is 9.18 Å². The number of benzene rings is 1. The third-order valence-corrected chi connectivity index (χ3v) is 3.32. The predicted molar refractivity (Wildman–Crippen MR) is 66.9 cm³/mol. The summed E-state index contributed by atoms with van der Waals surface area (Å²) in [7, 11) is 1.39. The first-order chi connectivity index (χ1) is 8.45. The molecule has 0 radical (unpaired) electrons. The Morgan fingerprint density at radius 3 is 2.72 bits per heavy atom. The highest BCUT2D eigenvalue weighted by molar-refractivity contribution is 5.98. The number of ether oxygens (including phenoxy) is 1. The summed E-state index contributed by atoms with van der Waals surface area (Å²) in [5, 5.41) is 2.64. The van der Waals surface area contributed by atoms with E-state index >= 15 is 0 Å². The first-order valence-corrected chi connectivity index (χ1v) is 5.89. The second kappa shape index (κ2) is 4.57. The lowest BCUT2D eigenvalue weighted by molar-refractivity contribution is -0.121. The minimum absolute atomic E-state index is 0.144. The van der Waals surface area contributed by atoms with Crippen LogP contribution in [0.3, 0.4) is 0 Å². The average Bonchev–Trinajstić information content (AvgIpc) is 3.13. The second-order valence-corrected chi connectivity index (χ2v) is 4.86. The number of anilines is 1. The van der Waals surface area contributed by atoms with E-state index in [0.717, 1.165) is 12.8 Å². The van der Waals surface area contributed by atoms with Gasteiger partial charge in [0.15, 0.2) is 11.6 Å². The number of carbonyl (C=O) groups is 1. The number of methoxy groups -OCH3 is 1. The van der Waals surface area contributed by atoms with E-state index in [4.69, 9.17) is 10.5 Å². The minimum Gasteiger partial charge on any atom is -0.494 e. The van der Waals surface area contributed by atoms with Crippen LogP contribution in [-0.4, -0.2) is 18.6 Å². The molecule has 0 aromatic heterocycles. The lowest BCUT2D eigenvalue weighted by Gasteiger charge is -2.23. The molecule has 1 aromatic carbocycles. The van der Waals surface area contributed by atoms with E-state index < -0.39 is 11.4 Å². The molecule has 2 rings (SSSR count). The van der Waals surface area contributed by atoms with E-state index in [2.05, 4.69) is 5.32 Å². The SMILES string of the molecule is COc1ccc(NC(=O)C(C)(N)C2CC2)cc1F. The summed E-state index contributed by atoms with van der Waals surface area (Å²) in [5.74, 6) is -0.429. The fourth-order valence-electron chi connectivity index (χ4n) is 1.88. The van der Waals surface area contributed by atoms with Crippen molar-refractivity contribution in [2.75, 3.05) is 12.4 Å². The number of nitrogens with one attached hydrogen (secondary N) is 1. The van der Waals surface area contributed by atoms with Gasteiger partial charge in [-0.05, 0) is 37.8 Å². The van der Waals surface area contributed by atoms with Gasteiger partial charge in [0.2, 0.25) is 5.91 Å². The zero-order valence-corrected chi connectivity index (χ0v) is 10.5. The van der Waals surface area contributed by atoms with Gasteiger partial charge in [-0.1, -0.05) is 0 Å². The number of hydrogen-bond donors (Lipinski definition) is 2. The number of nitrogens with two attached hydrogens (primary N) is 1. The smallest absolute Gasteiger partial charge is 0.244 e. The summed E-state index contributed by atoms with van der Waals surface area (Å²) >= 11 is 0. The zero-order chi connectivity index (χ0) is 13.3. The molecule has 5 heteroatoms. The minimum atomic E-state index is -0.892. The maximum Gasteiger partial charge on any atom is 0.244 e. The normalized spacial score (nSPS) is 18.0. The van der Waals surface area contributed by atoms with Crippen molar-refractivity contribution in [3.05, 3.63) is 24.0 Å². The number of rotatable bonds is 4. The van der Waals surface area contributed by atoms with Crippen LogP contribution < -0.4 is 15.8 Å². The molecule has 1 aliphatic rings. The van der Waals surface area contributed by atoms with Crippen molar-refractivity contribution in [1.82, 2.24) is 0 Å². The van der Waals surface area contributed by atoms with E-state index in [-0.39, 0.29) is 17.6 Å². The van der Waals surface area contributed by atoms with Crippen LogP contribution in [0.25, 0.3) is 0 Å². The number of carbonyl (C=O) groups excluding carboxylic acids is 1. The molecule has 18 heavy (non-hydrogen) atoms. The molecule has 1 atom stereocenters. The predicted octanol–water partition coefficient (Wildman–Crippen LogP) is 1.90. The van der Waals surface area contributed by atoms with Gasteiger partial charge in [0.1, 0.15) is 0 Å². The molecular weight excluding hydrogens is 235 g/mol. The molecule has 1 aliphatic carbocycles. The molecule has 1 aromatic rings. The molecule has 0 aliphatic heterocycles. The highest BCUT2D eigenvalue weighted by atomic mass is 19.1. The Balaban J connectivity index is 2.09. The van der Waals surface area contributed by atoms with Crippen molar-refractivity contribution in [1.29, 1.82) is 0 Å². The van der Waals surface area contributed by atoms with Crippen molar-refractivity contribution in [2.24, 2.45) is 11.7 Å². The molecule has 1 amide bonds. The van der Waals surface area contributed by atoms with Gasteiger partial charge in [0.25, 0.3) is 0 Å². The third-order valence-electron chi connectivity index (χ3n) is 3.32. The fraction of sp³-hybridized carbons (Fsp3) is 0.462. The van der Waals surface area contributed by atoms with Crippen LogP contribution in [0.5, 0.6) is 5.75 Å². The Bertz CT molecular complexity index is 470. The quantitative estimate of drug-likeness (QED) is 0.860. The summed E-state index contributed by atoms with van der Waals surface area (Å²) < 4.78 is 18.3. The summed E-state index contributed by atoms with van der Waals surface area (Å²) in [6, 6.07) is 4.28. The molecule has 0 bridgehead atoms. The van der Waals surface area contributed by atoms with Crippen molar-refractivity contribution in [3.8, 4) is 5.75 Å². The maximum absolute atomic E-state index is 13.5. The second-order valence-electron chi connectivity index (χ2n) is 4.86. The van der Waals surface area contributed by atoms with E-state index in [0.29, 0.717) is 5.69 Å². The van der Waals surface area contributed by atoms with Gasteiger partial charge in [-0.2, -0.15) is 0 Å². The molecular formula is C13H17FN2O2. The lowest BCUT2D eigenvalue weighted by Crippen LogP contribution is -2.50. The summed E-state index contributed by atoms with van der Waals surface area (Å²) in [5.41, 5.74) is 5.47. The van der Waals surface area contributed by atoms with E-state index in [1.54, 1.807) is 13.0 Å². The van der Waals surface area contributed by atoms with Gasteiger partial charge < -0.3 is 15.8 Å². The van der Waals surface area contributed by atoms with Crippen molar-refractivity contribution >= 4 is 11.6 Å². The van der Waals surface area contributed by atoms with Crippen LogP contribution in [0.2, 0.25) is 0 Å². The Labute approximate surface area is 105 Å². The maximum atomic E-state index is 13.5. The Kier molecular flexibility index (Phi) is 3.26. The molecule has 1 unspecified atom stereocenters. The molecule has 1 fully saturated rings. The Morgan fingerprint density at radius 2 is 2.22 bits per heavy atom. The molecule has 4 nitrogen and oxygen atoms in total. The highest BCUT2D eigenvalue weighted by Crippen LogP contribution is 2.38. The molecule has 0 spiro atoms. The first kappa shape index (κ1) is 12.8. The van der Waals surface area contributed by atoms with Crippen LogP contribution in [0, 0.1) is 11.7 Å². The summed E-state index contributed by atoms with van der Waals surface area (Å²) in [4.78, 5) is 12.0. The summed E-state index contributed by atoms with van der Waals surface area (Å²) in [6.07, 6.45) is 1.94. The van der Waals surface area contributed by atoms with Gasteiger partial charge in [-0.15, -0.1) is 0 Å². The van der Waals surface area contributed by atoms with Crippen LogP contribution in [0.15, 0.2) is 18.2 Å². The topological polar surface area (TPSA) is 64.3 Å². The van der Waals surface area contributed by atoms with Crippen LogP contribution in [0.1, 0.15) is 19.8 Å². The van der Waals surface area contributed by atoms with Gasteiger partial charge in [-0.25, -0.2) is 4.39 Å². The third kappa shape index (κ3) is 2.46. The van der Waals surface area contributed by atoms with Gasteiger partial charge >= 0.3 is 0 Å². The van der Waals surface area contributed by atoms with Crippen LogP contribution in [-0.2, 0) is 4.79 Å². The molecule has 0 saturated heterocycles. The van der Waals surface area contributed by atoms with E-state index in [1.165, 1.54) is 19.2 Å². The van der Waals surface area contributed by atoms with Crippen molar-refractivity contribution in [3.63, 3.8) is 0 Å². The lowest BCUT2D eigenvalue weighted by atomic mass is 9.96. The standard InChI is InChI=1S/C13H17FN2O2/c1-13(15,8-3-4-8)12(17)16-9-5-6-11(18-2)10(14)7-9/h5-8H,3-4,15H2,1-2H3,(H,16,17). The first-order valence-electron chi connectivity index (χ1n) is 5.89. The largest absolute Gasteiger partial charge is 0.494 e. The Morgan fingerprint density at radius 1 is 1.56 bits per heavy atom. The number of amides is 1. The fourth-order valence-corrected chi connectivity index (χ4v) is 1.88. The molecule has 3 N–H and O–H groups in total. The summed E-state index contributed by atoms with van der Waals surface area (Å²) in [6.45, 7) is 1.71. The monoisotopic (exact) mass is 252 g/mol. The molecule has 0 heterocycles. The van der Waals surface area contributed by atoms with Gasteiger partial charge in [-0.3, -0.25) is 4.79 Å². The van der Waals surface area contributed by atoms with Crippen LogP contribution in [0.4, 0.5) is 10.1 Å². The highest BCUT2D eigenvalue weighted by Gasteiger charge is 2.44. The zero-order valence-electron chi connectivity index (χ0n) is 10.5. The van der Waals surface area contributed by atoms with Gasteiger partial charge in [0, 0.05) is 11.8 Å². The van der Waals surface area contributed by atoms with Crippen LogP contribution >= 0.6 is 0 Å². The molecule has 98 valence electrons.